The Bertz CT molecular complexity index is 383. The average molecular weight is 313 g/mol. The largest absolute Gasteiger partial charge is 0.374 e. The Morgan fingerprint density at radius 2 is 1.94 bits per heavy atom. The normalized spacial score (nSPS) is 11.7. The molecule has 0 fully saturated rings. The summed E-state index contributed by atoms with van der Waals surface area (Å²) in [4.78, 5) is 2.35. The highest BCUT2D eigenvalue weighted by atomic mass is 79.9. The molecule has 3 heteroatoms. The van der Waals surface area contributed by atoms with Gasteiger partial charge >= 0.3 is 0 Å². The Balaban J connectivity index is 2.92. The Labute approximate surface area is 120 Å². The minimum atomic E-state index is 0.303. The molecule has 0 radical (unpaired) electrons. The maximum Gasteiger partial charge on any atom is 0.0410 e. The highest BCUT2D eigenvalue weighted by Crippen LogP contribution is 2.26. The zero-order valence-electron chi connectivity index (χ0n) is 12.2. The molecule has 0 aliphatic carbocycles. The molecule has 0 aromatic heterocycles. The van der Waals surface area contributed by atoms with E-state index in [0.717, 1.165) is 24.1 Å². The Morgan fingerprint density at radius 3 is 2.50 bits per heavy atom. The van der Waals surface area contributed by atoms with Crippen molar-refractivity contribution in [2.24, 2.45) is 5.41 Å². The molecular weight excluding hydrogens is 288 g/mol. The van der Waals surface area contributed by atoms with E-state index in [1.165, 1.54) is 11.3 Å². The van der Waals surface area contributed by atoms with E-state index in [9.17, 15) is 0 Å². The second kappa shape index (κ2) is 6.58. The summed E-state index contributed by atoms with van der Waals surface area (Å²) in [5.41, 5.74) is 2.96. The fourth-order valence-electron chi connectivity index (χ4n) is 2.12. The molecule has 0 saturated heterocycles. The van der Waals surface area contributed by atoms with Crippen LogP contribution in [0.1, 0.15) is 33.3 Å². The van der Waals surface area contributed by atoms with Crippen molar-refractivity contribution in [2.45, 2.75) is 34.2 Å². The quantitative estimate of drug-likeness (QED) is 0.882. The fraction of sp³-hybridized carbons (Fsp3) is 0.600. The first kappa shape index (κ1) is 15.5. The van der Waals surface area contributed by atoms with E-state index in [-0.39, 0.29) is 0 Å². The second-order valence-electron chi connectivity index (χ2n) is 5.97. The Morgan fingerprint density at radius 1 is 1.28 bits per heavy atom. The number of rotatable bonds is 5. The molecule has 0 unspecified atom stereocenters. The van der Waals surface area contributed by atoms with Gasteiger partial charge in [0.05, 0.1) is 0 Å². The Hall–Kier alpha value is -0.540. The van der Waals surface area contributed by atoms with Crippen molar-refractivity contribution in [1.29, 1.82) is 0 Å². The zero-order chi connectivity index (χ0) is 13.8. The summed E-state index contributed by atoms with van der Waals surface area (Å²) in [7, 11) is 2.17. The highest BCUT2D eigenvalue weighted by molar-refractivity contribution is 9.10. The third-order valence-corrected chi connectivity index (χ3v) is 3.22. The SMILES string of the molecule is CCNCc1cc(Br)ccc1N(C)CC(C)(C)C. The lowest BCUT2D eigenvalue weighted by atomic mass is 9.95. The van der Waals surface area contributed by atoms with Crippen LogP contribution in [0, 0.1) is 5.41 Å². The number of benzene rings is 1. The second-order valence-corrected chi connectivity index (χ2v) is 6.89. The monoisotopic (exact) mass is 312 g/mol. The molecule has 1 N–H and O–H groups in total. The third kappa shape index (κ3) is 4.99. The number of halogens is 1. The van der Waals surface area contributed by atoms with Gasteiger partial charge in [-0.25, -0.2) is 0 Å². The van der Waals surface area contributed by atoms with E-state index < -0.39 is 0 Å². The minimum absolute atomic E-state index is 0.303. The molecule has 1 aromatic rings. The van der Waals surface area contributed by atoms with Gasteiger partial charge in [-0.1, -0.05) is 43.6 Å². The third-order valence-electron chi connectivity index (χ3n) is 2.73. The van der Waals surface area contributed by atoms with Gasteiger partial charge in [-0.2, -0.15) is 0 Å². The fourth-order valence-corrected chi connectivity index (χ4v) is 2.53. The van der Waals surface area contributed by atoms with Gasteiger partial charge in [0.25, 0.3) is 0 Å². The maximum atomic E-state index is 3.55. The summed E-state index contributed by atoms with van der Waals surface area (Å²) >= 11 is 3.55. The topological polar surface area (TPSA) is 15.3 Å². The van der Waals surface area contributed by atoms with Crippen molar-refractivity contribution in [1.82, 2.24) is 5.32 Å². The summed E-state index contributed by atoms with van der Waals surface area (Å²) in [6.07, 6.45) is 0. The van der Waals surface area contributed by atoms with Crippen LogP contribution in [0.5, 0.6) is 0 Å². The van der Waals surface area contributed by atoms with Gasteiger partial charge < -0.3 is 10.2 Å². The van der Waals surface area contributed by atoms with E-state index in [4.69, 9.17) is 0 Å². The molecule has 0 aliphatic rings. The van der Waals surface area contributed by atoms with Gasteiger partial charge in [-0.15, -0.1) is 0 Å². The number of nitrogens with zero attached hydrogens (tertiary/aromatic N) is 1. The van der Waals surface area contributed by atoms with Crippen LogP contribution in [0.3, 0.4) is 0 Å². The van der Waals surface area contributed by atoms with Crippen molar-refractivity contribution < 1.29 is 0 Å². The standard InChI is InChI=1S/C15H25BrN2/c1-6-17-10-12-9-13(16)7-8-14(12)18(5)11-15(2,3)4/h7-9,17H,6,10-11H2,1-5H3. The van der Waals surface area contributed by atoms with E-state index in [2.05, 4.69) is 79.1 Å². The minimum Gasteiger partial charge on any atom is -0.374 e. The van der Waals surface area contributed by atoms with Gasteiger partial charge in [0.15, 0.2) is 0 Å². The number of anilines is 1. The summed E-state index contributed by atoms with van der Waals surface area (Å²) in [5, 5.41) is 3.40. The summed E-state index contributed by atoms with van der Waals surface area (Å²) < 4.78 is 1.14. The van der Waals surface area contributed by atoms with Crippen LogP contribution in [0.15, 0.2) is 22.7 Å². The molecule has 0 bridgehead atoms. The predicted molar refractivity (Wildman–Crippen MR) is 84.2 cm³/mol. The lowest BCUT2D eigenvalue weighted by molar-refractivity contribution is 0.418. The molecule has 0 aliphatic heterocycles. The van der Waals surface area contributed by atoms with Gasteiger partial charge in [0, 0.05) is 30.3 Å². The summed E-state index contributed by atoms with van der Waals surface area (Å²) in [5.74, 6) is 0. The van der Waals surface area contributed by atoms with Gasteiger partial charge in [0.1, 0.15) is 0 Å². The predicted octanol–water partition coefficient (Wildman–Crippen LogP) is 4.04. The van der Waals surface area contributed by atoms with Crippen LogP contribution in [0.4, 0.5) is 5.69 Å². The van der Waals surface area contributed by atoms with Gasteiger partial charge in [-0.3, -0.25) is 0 Å². The molecule has 102 valence electrons. The van der Waals surface area contributed by atoms with Crippen LogP contribution in [-0.2, 0) is 6.54 Å². The lowest BCUT2D eigenvalue weighted by Gasteiger charge is -2.30. The molecular formula is C15H25BrN2. The van der Waals surface area contributed by atoms with Crippen molar-refractivity contribution >= 4 is 21.6 Å². The van der Waals surface area contributed by atoms with Crippen molar-refractivity contribution in [2.75, 3.05) is 25.0 Å². The maximum absolute atomic E-state index is 3.55. The molecule has 0 amide bonds. The lowest BCUT2D eigenvalue weighted by Crippen LogP contribution is -2.30. The first-order valence-electron chi connectivity index (χ1n) is 6.54. The average Bonchev–Trinajstić information content (AvgIpc) is 2.23. The molecule has 18 heavy (non-hydrogen) atoms. The molecule has 0 saturated carbocycles. The van der Waals surface area contributed by atoms with Crippen LogP contribution in [0.2, 0.25) is 0 Å². The summed E-state index contributed by atoms with van der Waals surface area (Å²) in [6, 6.07) is 6.52. The number of hydrogen-bond acceptors (Lipinski definition) is 2. The molecule has 0 heterocycles. The molecule has 2 nitrogen and oxygen atoms in total. The van der Waals surface area contributed by atoms with E-state index in [0.29, 0.717) is 5.41 Å². The van der Waals surface area contributed by atoms with Crippen LogP contribution < -0.4 is 10.2 Å². The van der Waals surface area contributed by atoms with Gasteiger partial charge in [-0.05, 0) is 35.7 Å². The smallest absolute Gasteiger partial charge is 0.0410 e. The first-order valence-corrected chi connectivity index (χ1v) is 7.33. The van der Waals surface area contributed by atoms with Crippen LogP contribution >= 0.6 is 15.9 Å². The van der Waals surface area contributed by atoms with E-state index in [1.54, 1.807) is 0 Å². The number of nitrogens with one attached hydrogen (secondary N) is 1. The zero-order valence-corrected chi connectivity index (χ0v) is 13.8. The number of hydrogen-bond donors (Lipinski definition) is 1. The van der Waals surface area contributed by atoms with Crippen molar-refractivity contribution in [3.05, 3.63) is 28.2 Å². The van der Waals surface area contributed by atoms with Crippen LogP contribution in [0.25, 0.3) is 0 Å². The van der Waals surface area contributed by atoms with E-state index in [1.807, 2.05) is 0 Å². The van der Waals surface area contributed by atoms with Crippen molar-refractivity contribution in [3.8, 4) is 0 Å². The molecule has 1 rings (SSSR count). The van der Waals surface area contributed by atoms with Crippen LogP contribution in [-0.4, -0.2) is 20.1 Å². The summed E-state index contributed by atoms with van der Waals surface area (Å²) in [6.45, 7) is 11.9. The Kier molecular flexibility index (Phi) is 5.67. The first-order chi connectivity index (χ1) is 8.33. The molecule has 0 spiro atoms. The van der Waals surface area contributed by atoms with E-state index >= 15 is 0 Å². The molecule has 1 aromatic carbocycles. The highest BCUT2D eigenvalue weighted by Gasteiger charge is 2.16. The van der Waals surface area contributed by atoms with Crippen molar-refractivity contribution in [3.63, 3.8) is 0 Å². The molecule has 0 atom stereocenters. The van der Waals surface area contributed by atoms with Gasteiger partial charge in [0.2, 0.25) is 0 Å².